The number of benzene rings is 1. The summed E-state index contributed by atoms with van der Waals surface area (Å²) in [5, 5.41) is 0. The molecule has 0 radical (unpaired) electrons. The molecule has 0 atom stereocenters. The molecule has 1 aromatic carbocycles. The van der Waals surface area contributed by atoms with Gasteiger partial charge in [-0.2, -0.15) is 0 Å². The molecule has 0 unspecified atom stereocenters. The molecular weight excluding hydrogens is 194 g/mol. The fourth-order valence-corrected chi connectivity index (χ4v) is 1.95. The molecule has 1 aromatic rings. The molecule has 0 aliphatic heterocycles. The quantitative estimate of drug-likeness (QED) is 0.700. The third-order valence-electron chi connectivity index (χ3n) is 3.02. The number of rotatable bonds is 3. The van der Waals surface area contributed by atoms with Crippen LogP contribution in [-0.2, 0) is 12.3 Å². The molecule has 0 saturated heterocycles. The highest BCUT2D eigenvalue weighted by atomic mass is 19.3. The summed E-state index contributed by atoms with van der Waals surface area (Å²) >= 11 is 0. The van der Waals surface area contributed by atoms with Gasteiger partial charge in [-0.05, 0) is 42.4 Å². The number of hydrogen-bond acceptors (Lipinski definition) is 0. The minimum Gasteiger partial charge on any atom is -0.202 e. The Morgan fingerprint density at radius 3 is 2.47 bits per heavy atom. The van der Waals surface area contributed by atoms with Crippen LogP contribution in [0.3, 0.4) is 0 Å². The normalized spacial score (nSPS) is 16.8. The molecule has 0 aromatic heterocycles. The summed E-state index contributed by atoms with van der Waals surface area (Å²) in [6, 6.07) is 5.54. The van der Waals surface area contributed by atoms with Gasteiger partial charge in [-0.25, -0.2) is 8.78 Å². The van der Waals surface area contributed by atoms with Crippen molar-refractivity contribution in [1.82, 2.24) is 0 Å². The van der Waals surface area contributed by atoms with Crippen LogP contribution in [0.2, 0.25) is 0 Å². The van der Waals surface area contributed by atoms with E-state index in [9.17, 15) is 8.78 Å². The third kappa shape index (κ3) is 2.19. The summed E-state index contributed by atoms with van der Waals surface area (Å²) in [5.41, 5.74) is 2.10. The molecule has 1 aliphatic rings. The Hall–Kier alpha value is -0.920. The van der Waals surface area contributed by atoms with Gasteiger partial charge >= 0.3 is 0 Å². The molecule has 2 rings (SSSR count). The van der Waals surface area contributed by atoms with Gasteiger partial charge in [0.1, 0.15) is 0 Å². The number of halogens is 2. The molecule has 1 fully saturated rings. The van der Waals surface area contributed by atoms with E-state index in [1.807, 2.05) is 19.1 Å². The monoisotopic (exact) mass is 210 g/mol. The van der Waals surface area contributed by atoms with Crippen LogP contribution in [0.25, 0.3) is 0 Å². The second kappa shape index (κ2) is 3.58. The van der Waals surface area contributed by atoms with Gasteiger partial charge in [0, 0.05) is 12.5 Å². The highest BCUT2D eigenvalue weighted by Gasteiger charge is 2.34. The van der Waals surface area contributed by atoms with Gasteiger partial charge in [-0.1, -0.05) is 19.1 Å². The van der Waals surface area contributed by atoms with Crippen molar-refractivity contribution in [2.75, 3.05) is 0 Å². The van der Waals surface area contributed by atoms with Crippen molar-refractivity contribution >= 4 is 0 Å². The second-order valence-electron chi connectivity index (χ2n) is 4.44. The van der Waals surface area contributed by atoms with Crippen molar-refractivity contribution < 1.29 is 8.78 Å². The highest BCUT2D eigenvalue weighted by Crippen LogP contribution is 2.45. The van der Waals surface area contributed by atoms with E-state index in [4.69, 9.17) is 0 Å². The van der Waals surface area contributed by atoms with Gasteiger partial charge in [-0.3, -0.25) is 0 Å². The summed E-state index contributed by atoms with van der Waals surface area (Å²) in [5.74, 6) is -2.32. The lowest BCUT2D eigenvalue weighted by atomic mass is 9.95. The van der Waals surface area contributed by atoms with Gasteiger partial charge in [0.2, 0.25) is 0 Å². The topological polar surface area (TPSA) is 0 Å². The fourth-order valence-electron chi connectivity index (χ4n) is 1.95. The lowest BCUT2D eigenvalue weighted by molar-refractivity contribution is 0.0164. The van der Waals surface area contributed by atoms with E-state index in [0.717, 1.165) is 37.3 Å². The van der Waals surface area contributed by atoms with Crippen LogP contribution >= 0.6 is 0 Å². The van der Waals surface area contributed by atoms with E-state index in [1.165, 1.54) is 0 Å². The van der Waals surface area contributed by atoms with E-state index in [1.54, 1.807) is 6.07 Å². The Labute approximate surface area is 89.3 Å². The molecule has 0 bridgehead atoms. The van der Waals surface area contributed by atoms with Crippen LogP contribution in [0.5, 0.6) is 0 Å². The first-order valence-corrected chi connectivity index (χ1v) is 5.53. The predicted molar refractivity (Wildman–Crippen MR) is 57.4 cm³/mol. The zero-order valence-corrected chi connectivity index (χ0v) is 9.19. The summed E-state index contributed by atoms with van der Waals surface area (Å²) in [6.07, 6.45) is 2.94. The first kappa shape index (κ1) is 10.6. The first-order valence-electron chi connectivity index (χ1n) is 5.53. The van der Waals surface area contributed by atoms with Crippen LogP contribution in [0.4, 0.5) is 8.78 Å². The molecule has 0 N–H and O–H groups in total. The molecule has 0 nitrogen and oxygen atoms in total. The minimum atomic E-state index is -2.71. The Morgan fingerprint density at radius 2 is 2.00 bits per heavy atom. The Bertz CT molecular complexity index is 359. The maximum Gasteiger partial charge on any atom is 0.270 e. The molecule has 0 heterocycles. The molecule has 1 saturated carbocycles. The SMILES string of the molecule is CCc1ccc(C2CC2)c(C(C)(F)F)c1. The van der Waals surface area contributed by atoms with E-state index in [2.05, 4.69) is 0 Å². The lowest BCUT2D eigenvalue weighted by Gasteiger charge is -2.16. The molecule has 82 valence electrons. The van der Waals surface area contributed by atoms with Crippen LogP contribution in [0, 0.1) is 0 Å². The largest absolute Gasteiger partial charge is 0.270 e. The van der Waals surface area contributed by atoms with Gasteiger partial charge in [0.15, 0.2) is 0 Å². The van der Waals surface area contributed by atoms with Gasteiger partial charge < -0.3 is 0 Å². The smallest absolute Gasteiger partial charge is 0.202 e. The highest BCUT2D eigenvalue weighted by molar-refractivity contribution is 5.39. The molecule has 0 spiro atoms. The second-order valence-corrected chi connectivity index (χ2v) is 4.44. The van der Waals surface area contributed by atoms with E-state index < -0.39 is 5.92 Å². The van der Waals surface area contributed by atoms with Crippen LogP contribution in [0.15, 0.2) is 18.2 Å². The standard InChI is InChI=1S/C13H16F2/c1-3-9-4-7-11(10-5-6-10)12(8-9)13(2,14)15/h4,7-8,10H,3,5-6H2,1-2H3. The summed E-state index contributed by atoms with van der Waals surface area (Å²) in [7, 11) is 0. The lowest BCUT2D eigenvalue weighted by Crippen LogP contribution is -2.11. The van der Waals surface area contributed by atoms with Crippen LogP contribution in [-0.4, -0.2) is 0 Å². The summed E-state index contributed by atoms with van der Waals surface area (Å²) in [4.78, 5) is 0. The van der Waals surface area contributed by atoms with Crippen LogP contribution in [0.1, 0.15) is 49.3 Å². The van der Waals surface area contributed by atoms with Crippen molar-refractivity contribution in [3.8, 4) is 0 Å². The molecule has 15 heavy (non-hydrogen) atoms. The number of alkyl halides is 2. The first-order chi connectivity index (χ1) is 7.02. The van der Waals surface area contributed by atoms with Crippen molar-refractivity contribution in [2.45, 2.75) is 45.0 Å². The zero-order chi connectivity index (χ0) is 11.1. The molecule has 0 amide bonds. The average Bonchev–Trinajstić information content (AvgIpc) is 2.99. The van der Waals surface area contributed by atoms with E-state index in [0.29, 0.717) is 5.92 Å². The maximum atomic E-state index is 13.4. The maximum absolute atomic E-state index is 13.4. The van der Waals surface area contributed by atoms with Crippen LogP contribution < -0.4 is 0 Å². The van der Waals surface area contributed by atoms with Crippen molar-refractivity contribution in [3.63, 3.8) is 0 Å². The fraction of sp³-hybridized carbons (Fsp3) is 0.538. The van der Waals surface area contributed by atoms with Crippen molar-refractivity contribution in [1.29, 1.82) is 0 Å². The van der Waals surface area contributed by atoms with Gasteiger partial charge in [0.25, 0.3) is 5.92 Å². The molecule has 1 aliphatic carbocycles. The molecular formula is C13H16F2. The van der Waals surface area contributed by atoms with Gasteiger partial charge in [-0.15, -0.1) is 0 Å². The summed E-state index contributed by atoms with van der Waals surface area (Å²) < 4.78 is 26.8. The van der Waals surface area contributed by atoms with E-state index >= 15 is 0 Å². The minimum absolute atomic E-state index is 0.240. The predicted octanol–water partition coefficient (Wildman–Crippen LogP) is 4.24. The van der Waals surface area contributed by atoms with Gasteiger partial charge in [0.05, 0.1) is 0 Å². The van der Waals surface area contributed by atoms with Crippen molar-refractivity contribution in [3.05, 3.63) is 34.9 Å². The summed E-state index contributed by atoms with van der Waals surface area (Å²) in [6.45, 7) is 2.98. The number of hydrogen-bond donors (Lipinski definition) is 0. The number of aryl methyl sites for hydroxylation is 1. The Kier molecular flexibility index (Phi) is 2.53. The van der Waals surface area contributed by atoms with Crippen molar-refractivity contribution in [2.24, 2.45) is 0 Å². The third-order valence-corrected chi connectivity index (χ3v) is 3.02. The Balaban J connectivity index is 2.45. The Morgan fingerprint density at radius 1 is 1.33 bits per heavy atom. The van der Waals surface area contributed by atoms with E-state index in [-0.39, 0.29) is 5.56 Å². The zero-order valence-electron chi connectivity index (χ0n) is 9.19. The average molecular weight is 210 g/mol. The molecule has 2 heteroatoms.